The fourth-order valence-electron chi connectivity index (χ4n) is 4.25. The molecule has 6 nitrogen and oxygen atoms in total. The van der Waals surface area contributed by atoms with Crippen molar-refractivity contribution in [2.75, 3.05) is 26.1 Å². The monoisotopic (exact) mass is 438 g/mol. The summed E-state index contributed by atoms with van der Waals surface area (Å²) in [6.07, 6.45) is 4.16. The number of aryl methyl sites for hydroxylation is 2. The van der Waals surface area contributed by atoms with Gasteiger partial charge >= 0.3 is 0 Å². The Morgan fingerprint density at radius 2 is 2.06 bits per heavy atom. The first kappa shape index (κ1) is 21.7. The smallest absolute Gasteiger partial charge is 0.187 e. The third-order valence-electron chi connectivity index (χ3n) is 5.58. The summed E-state index contributed by atoms with van der Waals surface area (Å²) in [5.74, 6) is 0.921. The van der Waals surface area contributed by atoms with Crippen LogP contribution < -0.4 is 10.1 Å². The van der Waals surface area contributed by atoms with Crippen LogP contribution in [0.2, 0.25) is 0 Å². The van der Waals surface area contributed by atoms with Crippen molar-refractivity contribution in [2.45, 2.75) is 45.9 Å². The van der Waals surface area contributed by atoms with E-state index in [0.717, 1.165) is 59.5 Å². The first-order valence-electron chi connectivity index (χ1n) is 10.6. The summed E-state index contributed by atoms with van der Waals surface area (Å²) in [5.41, 5.74) is 5.52. The van der Waals surface area contributed by atoms with Crippen molar-refractivity contribution in [1.29, 1.82) is 0 Å². The maximum Gasteiger partial charge on any atom is 0.187 e. The molecule has 1 aromatic carbocycles. The molecule has 3 aromatic rings. The standard InChI is InChI=1S/C24H30N4O2S/c1-16-10-20(27-24-25-13-17(2)31-24)12-21(26-16)22-6-5-9-28(22)14-19-11-18(15-29-3)7-8-23(19)30-4/h7-8,10-13,22H,5-6,9,14-15H2,1-4H3,(H,25,26,27)/t22-/m0/s1. The third kappa shape index (κ3) is 5.23. The maximum atomic E-state index is 5.64. The van der Waals surface area contributed by atoms with Gasteiger partial charge in [-0.1, -0.05) is 6.07 Å². The van der Waals surface area contributed by atoms with E-state index < -0.39 is 0 Å². The van der Waals surface area contributed by atoms with Crippen LogP contribution in [0, 0.1) is 13.8 Å². The fraction of sp³-hybridized carbons (Fsp3) is 0.417. The number of benzene rings is 1. The van der Waals surface area contributed by atoms with Crippen LogP contribution in [-0.2, 0) is 17.9 Å². The van der Waals surface area contributed by atoms with Gasteiger partial charge in [-0.2, -0.15) is 0 Å². The minimum absolute atomic E-state index is 0.286. The highest BCUT2D eigenvalue weighted by Gasteiger charge is 2.28. The summed E-state index contributed by atoms with van der Waals surface area (Å²) in [6, 6.07) is 10.8. The van der Waals surface area contributed by atoms with Crippen LogP contribution in [0.15, 0.2) is 36.5 Å². The summed E-state index contributed by atoms with van der Waals surface area (Å²) < 4.78 is 11.0. The van der Waals surface area contributed by atoms with Crippen LogP contribution >= 0.6 is 11.3 Å². The van der Waals surface area contributed by atoms with Gasteiger partial charge in [-0.25, -0.2) is 4.98 Å². The highest BCUT2D eigenvalue weighted by Crippen LogP contribution is 2.35. The Balaban J connectivity index is 1.57. The molecular formula is C24H30N4O2S. The Hall–Kier alpha value is -2.48. The summed E-state index contributed by atoms with van der Waals surface area (Å²) >= 11 is 1.66. The Morgan fingerprint density at radius 1 is 1.19 bits per heavy atom. The van der Waals surface area contributed by atoms with Gasteiger partial charge in [0.1, 0.15) is 5.75 Å². The molecule has 7 heteroatoms. The zero-order chi connectivity index (χ0) is 21.8. The quantitative estimate of drug-likeness (QED) is 0.509. The second kappa shape index (κ2) is 9.77. The second-order valence-corrected chi connectivity index (χ2v) is 9.27. The fourth-order valence-corrected chi connectivity index (χ4v) is 4.94. The molecular weight excluding hydrogens is 408 g/mol. The van der Waals surface area contributed by atoms with Crippen molar-refractivity contribution in [2.24, 2.45) is 0 Å². The maximum absolute atomic E-state index is 5.64. The van der Waals surface area contributed by atoms with Crippen molar-refractivity contribution in [3.63, 3.8) is 0 Å². The first-order chi connectivity index (χ1) is 15.1. The van der Waals surface area contributed by atoms with E-state index in [-0.39, 0.29) is 6.04 Å². The van der Waals surface area contributed by atoms with E-state index in [2.05, 4.69) is 53.3 Å². The zero-order valence-corrected chi connectivity index (χ0v) is 19.5. The van der Waals surface area contributed by atoms with Gasteiger partial charge in [-0.05, 0) is 63.1 Å². The van der Waals surface area contributed by atoms with Crippen LogP contribution in [0.1, 0.15) is 46.3 Å². The van der Waals surface area contributed by atoms with Crippen LogP contribution in [0.4, 0.5) is 10.8 Å². The molecule has 1 N–H and O–H groups in total. The van der Waals surface area contributed by atoms with E-state index in [1.807, 2.05) is 12.3 Å². The van der Waals surface area contributed by atoms with Gasteiger partial charge in [0.15, 0.2) is 5.13 Å². The number of pyridine rings is 1. The molecule has 1 fully saturated rings. The Labute approximate surface area is 188 Å². The molecule has 1 aliphatic heterocycles. The topological polar surface area (TPSA) is 59.5 Å². The van der Waals surface area contributed by atoms with Gasteiger partial charge in [-0.3, -0.25) is 9.88 Å². The van der Waals surface area contributed by atoms with Crippen molar-refractivity contribution in [3.05, 3.63) is 63.9 Å². The molecule has 0 aliphatic carbocycles. The number of nitrogens with one attached hydrogen (secondary N) is 1. The van der Waals surface area contributed by atoms with Crippen LogP contribution in [0.3, 0.4) is 0 Å². The number of ether oxygens (including phenoxy) is 2. The number of nitrogens with zero attached hydrogens (tertiary/aromatic N) is 3. The molecule has 0 bridgehead atoms. The number of rotatable bonds is 8. The molecule has 1 aliphatic rings. The predicted molar refractivity (Wildman–Crippen MR) is 125 cm³/mol. The molecule has 3 heterocycles. The van der Waals surface area contributed by atoms with Gasteiger partial charge < -0.3 is 14.8 Å². The number of hydrogen-bond donors (Lipinski definition) is 1. The van der Waals surface area contributed by atoms with Gasteiger partial charge in [-0.15, -0.1) is 11.3 Å². The number of likely N-dealkylation sites (tertiary alicyclic amines) is 1. The van der Waals surface area contributed by atoms with Crippen LogP contribution in [0.25, 0.3) is 0 Å². The number of anilines is 2. The van der Waals surface area contributed by atoms with Crippen molar-refractivity contribution in [3.8, 4) is 5.75 Å². The van der Waals surface area contributed by atoms with E-state index in [1.54, 1.807) is 25.6 Å². The Bertz CT molecular complexity index is 1040. The lowest BCUT2D eigenvalue weighted by atomic mass is 10.1. The van der Waals surface area contributed by atoms with Crippen molar-refractivity contribution >= 4 is 22.2 Å². The van der Waals surface area contributed by atoms with Gasteiger partial charge in [0, 0.05) is 41.7 Å². The molecule has 4 rings (SSSR count). The van der Waals surface area contributed by atoms with Crippen molar-refractivity contribution < 1.29 is 9.47 Å². The molecule has 0 amide bonds. The summed E-state index contributed by atoms with van der Waals surface area (Å²) in [5, 5.41) is 4.36. The van der Waals surface area contributed by atoms with Crippen LogP contribution in [-0.4, -0.2) is 35.6 Å². The molecule has 2 aromatic heterocycles. The Kier molecular flexibility index (Phi) is 6.85. The largest absolute Gasteiger partial charge is 0.496 e. The summed E-state index contributed by atoms with van der Waals surface area (Å²) in [4.78, 5) is 13.0. The minimum Gasteiger partial charge on any atom is -0.496 e. The van der Waals surface area contributed by atoms with E-state index in [4.69, 9.17) is 14.5 Å². The number of thiazole rings is 1. The van der Waals surface area contributed by atoms with Crippen molar-refractivity contribution in [1.82, 2.24) is 14.9 Å². The summed E-state index contributed by atoms with van der Waals surface area (Å²) in [6.45, 7) is 6.60. The van der Waals surface area contributed by atoms with Gasteiger partial charge in [0.05, 0.1) is 25.5 Å². The third-order valence-corrected chi connectivity index (χ3v) is 6.41. The lowest BCUT2D eigenvalue weighted by Crippen LogP contribution is -2.24. The number of methoxy groups -OCH3 is 2. The minimum atomic E-state index is 0.286. The van der Waals surface area contributed by atoms with Gasteiger partial charge in [0.2, 0.25) is 0 Å². The van der Waals surface area contributed by atoms with E-state index in [0.29, 0.717) is 6.61 Å². The van der Waals surface area contributed by atoms with Gasteiger partial charge in [0.25, 0.3) is 0 Å². The zero-order valence-electron chi connectivity index (χ0n) is 18.6. The predicted octanol–water partition coefficient (Wildman–Crippen LogP) is 5.39. The molecule has 1 saturated heterocycles. The molecule has 31 heavy (non-hydrogen) atoms. The molecule has 0 unspecified atom stereocenters. The summed E-state index contributed by atoms with van der Waals surface area (Å²) in [7, 11) is 3.46. The normalized spacial score (nSPS) is 16.6. The highest BCUT2D eigenvalue weighted by molar-refractivity contribution is 7.15. The lowest BCUT2D eigenvalue weighted by Gasteiger charge is -2.26. The average Bonchev–Trinajstić information content (AvgIpc) is 3.37. The van der Waals surface area contributed by atoms with E-state index in [9.17, 15) is 0 Å². The highest BCUT2D eigenvalue weighted by atomic mass is 32.1. The Morgan fingerprint density at radius 3 is 2.81 bits per heavy atom. The molecule has 0 saturated carbocycles. The molecule has 0 spiro atoms. The number of aromatic nitrogens is 2. The second-order valence-electron chi connectivity index (χ2n) is 8.03. The van der Waals surface area contributed by atoms with E-state index in [1.165, 1.54) is 10.4 Å². The average molecular weight is 439 g/mol. The number of hydrogen-bond acceptors (Lipinski definition) is 7. The molecule has 1 atom stereocenters. The lowest BCUT2D eigenvalue weighted by molar-refractivity contribution is 0.184. The molecule has 164 valence electrons. The molecule has 0 radical (unpaired) electrons. The SMILES string of the molecule is COCc1ccc(OC)c(CN2CCC[C@H]2c2cc(Nc3ncc(C)s3)cc(C)n2)c1. The van der Waals surface area contributed by atoms with E-state index >= 15 is 0 Å². The first-order valence-corrected chi connectivity index (χ1v) is 11.4. The van der Waals surface area contributed by atoms with Crippen LogP contribution in [0.5, 0.6) is 5.75 Å².